The number of anilines is 2. The van der Waals surface area contributed by atoms with Crippen molar-refractivity contribution in [3.05, 3.63) is 59.7 Å². The fourth-order valence-electron chi connectivity index (χ4n) is 4.03. The van der Waals surface area contributed by atoms with Crippen molar-refractivity contribution < 1.29 is 14.4 Å². The molecule has 0 radical (unpaired) electrons. The van der Waals surface area contributed by atoms with Crippen LogP contribution in [0.2, 0.25) is 0 Å². The lowest BCUT2D eigenvalue weighted by atomic mass is 9.81. The number of rotatable bonds is 4. The lowest BCUT2D eigenvalue weighted by Gasteiger charge is -2.43. The summed E-state index contributed by atoms with van der Waals surface area (Å²) in [7, 11) is 0. The molecule has 4 unspecified atom stereocenters. The van der Waals surface area contributed by atoms with Crippen molar-refractivity contribution in [2.45, 2.75) is 32.7 Å². The molecule has 0 saturated carbocycles. The molecule has 8 nitrogen and oxygen atoms in total. The summed E-state index contributed by atoms with van der Waals surface area (Å²) in [5.74, 6) is -2.36. The minimum absolute atomic E-state index is 0.0379. The highest BCUT2D eigenvalue weighted by atomic mass is 16.2. The molecule has 3 amide bonds. The summed E-state index contributed by atoms with van der Waals surface area (Å²) < 4.78 is 0. The third-order valence-electron chi connectivity index (χ3n) is 5.51. The summed E-state index contributed by atoms with van der Waals surface area (Å²) in [6.45, 7) is 3.89. The van der Waals surface area contributed by atoms with Crippen LogP contribution in [0.3, 0.4) is 0 Å². The van der Waals surface area contributed by atoms with Gasteiger partial charge in [-0.05, 0) is 37.6 Å². The molecule has 0 bridgehead atoms. The third-order valence-corrected chi connectivity index (χ3v) is 5.51. The molecule has 2 aliphatic rings. The predicted molar refractivity (Wildman–Crippen MR) is 113 cm³/mol. The van der Waals surface area contributed by atoms with Gasteiger partial charge in [-0.25, -0.2) is 0 Å². The Morgan fingerprint density at radius 2 is 1.80 bits per heavy atom. The first-order valence-electron chi connectivity index (χ1n) is 9.96. The Bertz CT molecular complexity index is 978. The number of carbonyl (C=O) groups is 3. The number of carbonyl (C=O) groups excluding carboxylic acids is 3. The van der Waals surface area contributed by atoms with E-state index in [-0.39, 0.29) is 24.1 Å². The van der Waals surface area contributed by atoms with Crippen molar-refractivity contribution in [2.75, 3.05) is 10.6 Å². The zero-order valence-corrected chi connectivity index (χ0v) is 16.9. The Balaban J connectivity index is 1.49. The van der Waals surface area contributed by atoms with Gasteiger partial charge in [0.25, 0.3) is 0 Å². The minimum atomic E-state index is -0.769. The molecule has 2 aliphatic heterocycles. The molecule has 5 N–H and O–H groups in total. The number of para-hydroxylation sites is 1. The van der Waals surface area contributed by atoms with E-state index >= 15 is 0 Å². The van der Waals surface area contributed by atoms with Gasteiger partial charge in [-0.2, -0.15) is 0 Å². The van der Waals surface area contributed by atoms with E-state index in [1.54, 1.807) is 0 Å². The average Bonchev–Trinajstić information content (AvgIpc) is 2.70. The number of hydrogen-bond acceptors (Lipinski definition) is 5. The number of aryl methyl sites for hydroxylation is 2. The van der Waals surface area contributed by atoms with Gasteiger partial charge in [0.05, 0.1) is 18.0 Å². The zero-order chi connectivity index (χ0) is 21.3. The van der Waals surface area contributed by atoms with Crippen LogP contribution in [-0.2, 0) is 14.4 Å². The molecule has 0 aliphatic carbocycles. The first kappa shape index (κ1) is 19.9. The minimum Gasteiger partial charge on any atom is -0.353 e. The van der Waals surface area contributed by atoms with Crippen LogP contribution in [0.15, 0.2) is 48.5 Å². The van der Waals surface area contributed by atoms with Crippen LogP contribution in [-0.4, -0.2) is 30.2 Å². The van der Waals surface area contributed by atoms with Gasteiger partial charge in [-0.1, -0.05) is 35.9 Å². The van der Waals surface area contributed by atoms with Gasteiger partial charge < -0.3 is 21.3 Å². The van der Waals surface area contributed by atoms with Crippen molar-refractivity contribution >= 4 is 29.1 Å². The maximum atomic E-state index is 13.0. The van der Waals surface area contributed by atoms with E-state index in [0.717, 1.165) is 16.8 Å². The SMILES string of the molecule is Cc1ccc(NC(=O)C2CC(=O)NC3NC(Nc4ccccc4)NC(=O)C32)c(C)c1. The van der Waals surface area contributed by atoms with Crippen molar-refractivity contribution in [3.8, 4) is 0 Å². The summed E-state index contributed by atoms with van der Waals surface area (Å²) >= 11 is 0. The van der Waals surface area contributed by atoms with E-state index < -0.39 is 24.3 Å². The van der Waals surface area contributed by atoms with Gasteiger partial charge in [0, 0.05) is 17.8 Å². The first-order valence-corrected chi connectivity index (χ1v) is 9.96. The largest absolute Gasteiger partial charge is 0.353 e. The Hall–Kier alpha value is -3.39. The second-order valence-electron chi connectivity index (χ2n) is 7.81. The fraction of sp³-hybridized carbons (Fsp3) is 0.318. The molecule has 156 valence electrons. The summed E-state index contributed by atoms with van der Waals surface area (Å²) in [6, 6.07) is 15.1. The number of fused-ring (bicyclic) bond motifs is 1. The summed E-state index contributed by atoms with van der Waals surface area (Å²) in [5, 5.41) is 14.9. The third kappa shape index (κ3) is 4.13. The second-order valence-corrected chi connectivity index (χ2v) is 7.81. The summed E-state index contributed by atoms with van der Waals surface area (Å²) in [6.07, 6.45) is -1.25. The van der Waals surface area contributed by atoms with Gasteiger partial charge in [0.15, 0.2) is 6.29 Å². The molecule has 2 aromatic carbocycles. The van der Waals surface area contributed by atoms with E-state index in [2.05, 4.69) is 26.6 Å². The quantitative estimate of drug-likeness (QED) is 0.527. The van der Waals surface area contributed by atoms with Crippen LogP contribution in [0.5, 0.6) is 0 Å². The predicted octanol–water partition coefficient (Wildman–Crippen LogP) is 1.44. The molecule has 4 rings (SSSR count). The average molecular weight is 407 g/mol. The number of nitrogens with one attached hydrogen (secondary N) is 5. The molecule has 2 aromatic rings. The molecule has 8 heteroatoms. The molecule has 2 fully saturated rings. The zero-order valence-electron chi connectivity index (χ0n) is 16.9. The maximum absolute atomic E-state index is 13.0. The van der Waals surface area contributed by atoms with E-state index in [1.165, 1.54) is 0 Å². The molecular formula is C22H25N5O3. The summed E-state index contributed by atoms with van der Waals surface area (Å²) in [5.41, 5.74) is 3.52. The second kappa shape index (κ2) is 8.16. The molecule has 2 heterocycles. The summed E-state index contributed by atoms with van der Waals surface area (Å²) in [4.78, 5) is 38.2. The van der Waals surface area contributed by atoms with Crippen LogP contribution in [0.25, 0.3) is 0 Å². The molecule has 30 heavy (non-hydrogen) atoms. The van der Waals surface area contributed by atoms with Gasteiger partial charge in [0.2, 0.25) is 17.7 Å². The van der Waals surface area contributed by atoms with Crippen molar-refractivity contribution in [2.24, 2.45) is 11.8 Å². The Morgan fingerprint density at radius 3 is 2.53 bits per heavy atom. The normalized spacial score (nSPS) is 25.5. The van der Waals surface area contributed by atoms with Crippen LogP contribution in [0.1, 0.15) is 17.5 Å². The standard InChI is InChI=1S/C22H25N5O3/c1-12-8-9-16(13(2)10-12)24-20(29)15-11-17(28)25-19-18(15)21(30)27-22(26-19)23-14-6-4-3-5-7-14/h3-10,15,18-19,22-23,26H,11H2,1-2H3,(H,24,29)(H,25,28)(H,27,30). The molecular weight excluding hydrogens is 382 g/mol. The fourth-order valence-corrected chi connectivity index (χ4v) is 4.03. The monoisotopic (exact) mass is 407 g/mol. The van der Waals surface area contributed by atoms with Crippen molar-refractivity contribution in [3.63, 3.8) is 0 Å². The van der Waals surface area contributed by atoms with E-state index in [1.807, 2.05) is 62.4 Å². The van der Waals surface area contributed by atoms with Crippen LogP contribution in [0, 0.1) is 25.7 Å². The highest BCUT2D eigenvalue weighted by Crippen LogP contribution is 2.28. The lowest BCUT2D eigenvalue weighted by Crippen LogP contribution is -2.72. The lowest BCUT2D eigenvalue weighted by molar-refractivity contribution is -0.144. The Morgan fingerprint density at radius 1 is 1.03 bits per heavy atom. The van der Waals surface area contributed by atoms with Gasteiger partial charge in [0.1, 0.15) is 0 Å². The molecule has 0 spiro atoms. The first-order chi connectivity index (χ1) is 14.4. The van der Waals surface area contributed by atoms with Gasteiger partial charge >= 0.3 is 0 Å². The molecule has 4 atom stereocenters. The van der Waals surface area contributed by atoms with E-state index in [0.29, 0.717) is 5.69 Å². The smallest absolute Gasteiger partial charge is 0.229 e. The Kier molecular flexibility index (Phi) is 5.41. The maximum Gasteiger partial charge on any atom is 0.229 e. The van der Waals surface area contributed by atoms with Gasteiger partial charge in [-0.3, -0.25) is 19.7 Å². The molecule has 0 aromatic heterocycles. The van der Waals surface area contributed by atoms with Gasteiger partial charge in [-0.15, -0.1) is 0 Å². The topological polar surface area (TPSA) is 111 Å². The number of amides is 3. The van der Waals surface area contributed by atoms with Crippen LogP contribution in [0.4, 0.5) is 11.4 Å². The van der Waals surface area contributed by atoms with Crippen LogP contribution < -0.4 is 26.6 Å². The Labute approximate surface area is 174 Å². The van der Waals surface area contributed by atoms with Crippen molar-refractivity contribution in [1.82, 2.24) is 16.0 Å². The van der Waals surface area contributed by atoms with Crippen LogP contribution >= 0.6 is 0 Å². The number of benzene rings is 2. The number of hydrogen-bond donors (Lipinski definition) is 5. The highest BCUT2D eigenvalue weighted by Gasteiger charge is 2.48. The number of piperidine rings is 1. The van der Waals surface area contributed by atoms with Crippen molar-refractivity contribution in [1.29, 1.82) is 0 Å². The highest BCUT2D eigenvalue weighted by molar-refractivity contribution is 6.00. The van der Waals surface area contributed by atoms with E-state index in [9.17, 15) is 14.4 Å². The van der Waals surface area contributed by atoms with E-state index in [4.69, 9.17) is 0 Å². The molecule has 2 saturated heterocycles.